The van der Waals surface area contributed by atoms with Crippen molar-refractivity contribution in [3.8, 4) is 5.75 Å². The minimum absolute atomic E-state index is 0. The molecule has 2 rings (SSSR count). The third kappa shape index (κ3) is 7.56. The lowest BCUT2D eigenvalue weighted by Crippen LogP contribution is -3.00. The Morgan fingerprint density at radius 3 is 2.58 bits per heavy atom. The second-order valence-electron chi connectivity index (χ2n) is 6.07. The van der Waals surface area contributed by atoms with Crippen LogP contribution in [0.4, 0.5) is 0 Å². The number of para-hydroxylation sites is 1. The highest BCUT2D eigenvalue weighted by atomic mass is 35.5. The van der Waals surface area contributed by atoms with Crippen LogP contribution in [0, 0.1) is 0 Å². The van der Waals surface area contributed by atoms with Gasteiger partial charge in [0.25, 0.3) is 0 Å². The summed E-state index contributed by atoms with van der Waals surface area (Å²) in [6, 6.07) is 17.2. The van der Waals surface area contributed by atoms with Gasteiger partial charge in [0.15, 0.2) is 5.78 Å². The third-order valence-corrected chi connectivity index (χ3v) is 3.91. The van der Waals surface area contributed by atoms with Crippen molar-refractivity contribution in [3.05, 3.63) is 65.7 Å². The van der Waals surface area contributed by atoms with E-state index in [9.17, 15) is 9.90 Å². The molecule has 0 aliphatic rings. The van der Waals surface area contributed by atoms with Gasteiger partial charge in [0, 0.05) is 13.0 Å². The second kappa shape index (κ2) is 12.5. The highest BCUT2D eigenvalue weighted by Crippen LogP contribution is 2.20. The maximum atomic E-state index is 12.5. The minimum Gasteiger partial charge on any atom is -1.00 e. The third-order valence-electron chi connectivity index (χ3n) is 3.91. The number of carbonyl (C=O) groups is 1. The Labute approximate surface area is 163 Å². The van der Waals surface area contributed by atoms with Crippen molar-refractivity contribution >= 4 is 5.78 Å². The number of aryl methyl sites for hydroxylation is 1. The van der Waals surface area contributed by atoms with Gasteiger partial charge in [0.1, 0.15) is 18.5 Å². The molecule has 142 valence electrons. The van der Waals surface area contributed by atoms with Crippen molar-refractivity contribution < 1.29 is 28.5 Å². The van der Waals surface area contributed by atoms with Gasteiger partial charge in [-0.25, -0.2) is 0 Å². The molecule has 0 saturated heterocycles. The summed E-state index contributed by atoms with van der Waals surface area (Å²) in [7, 11) is 0. The molecule has 1 atom stereocenters. The zero-order valence-corrected chi connectivity index (χ0v) is 15.9. The number of hydrogen-bond acceptors (Lipinski definition) is 4. The summed E-state index contributed by atoms with van der Waals surface area (Å²) in [5.41, 5.74) is 1.72. The molecule has 0 amide bonds. The van der Waals surface area contributed by atoms with E-state index in [0.717, 1.165) is 18.5 Å². The van der Waals surface area contributed by atoms with E-state index in [1.54, 1.807) is 12.1 Å². The molecule has 2 aromatic carbocycles. The zero-order valence-electron chi connectivity index (χ0n) is 16.2. The normalized spacial score (nSPS) is 11.5. The van der Waals surface area contributed by atoms with Gasteiger partial charge in [0.05, 0.1) is 5.56 Å². The molecule has 0 aliphatic carbocycles. The van der Waals surface area contributed by atoms with Crippen molar-refractivity contribution in [1.82, 2.24) is 5.32 Å². The first-order valence-electron chi connectivity index (χ1n) is 8.88. The first kappa shape index (κ1) is 22.2. The molecule has 4 nitrogen and oxygen atoms in total. The zero-order chi connectivity index (χ0) is 17.9. The molecule has 0 aromatic heterocycles. The summed E-state index contributed by atoms with van der Waals surface area (Å²) >= 11 is 0. The van der Waals surface area contributed by atoms with E-state index < -0.39 is 6.10 Å². The fraction of sp³-hybridized carbons (Fsp3) is 0.381. The average molecular weight is 378 g/mol. The number of aliphatic hydroxyl groups excluding tert-OH is 1. The lowest BCUT2D eigenvalue weighted by atomic mass is 10.0. The van der Waals surface area contributed by atoms with E-state index >= 15 is 0 Å². The van der Waals surface area contributed by atoms with E-state index in [2.05, 4.69) is 12.2 Å². The molecule has 0 saturated carbocycles. The molecule has 0 aliphatic heterocycles. The van der Waals surface area contributed by atoms with Gasteiger partial charge in [-0.3, -0.25) is 4.79 Å². The number of Topliss-reactive ketones (excluding diaryl/α,β-unsaturated/α-hetero) is 1. The van der Waals surface area contributed by atoms with Crippen molar-refractivity contribution in [2.75, 3.05) is 19.7 Å². The van der Waals surface area contributed by atoms with Gasteiger partial charge in [-0.2, -0.15) is 0 Å². The van der Waals surface area contributed by atoms with Crippen LogP contribution in [0.15, 0.2) is 54.6 Å². The number of nitrogens with one attached hydrogen (secondary N) is 1. The van der Waals surface area contributed by atoms with Crippen molar-refractivity contribution in [2.45, 2.75) is 32.3 Å². The number of carbonyl (C=O) groups excluding carboxylic acids is 1. The van der Waals surface area contributed by atoms with E-state index in [0.29, 0.717) is 30.7 Å². The number of ketones is 1. The molecule has 2 N–H and O–H groups in total. The predicted octanol–water partition coefficient (Wildman–Crippen LogP) is 0.358. The SMILES string of the molecule is CCCNCC(O)COc1ccccc1C(=O)CCc1ccccc1.[Cl-].[H+]. The van der Waals surface area contributed by atoms with Crippen LogP contribution >= 0.6 is 0 Å². The number of halogens is 1. The molecule has 0 radical (unpaired) electrons. The molecule has 2 aromatic rings. The van der Waals surface area contributed by atoms with Crippen molar-refractivity contribution in [3.63, 3.8) is 0 Å². The summed E-state index contributed by atoms with van der Waals surface area (Å²) in [5, 5.41) is 13.1. The molecule has 1 unspecified atom stereocenters. The molecule has 0 fully saturated rings. The molecule has 0 heterocycles. The van der Waals surface area contributed by atoms with Crippen LogP contribution in [0.2, 0.25) is 0 Å². The number of benzene rings is 2. The molecular weight excluding hydrogens is 350 g/mol. The largest absolute Gasteiger partial charge is 1.00 e. The average Bonchev–Trinajstić information content (AvgIpc) is 2.66. The van der Waals surface area contributed by atoms with Crippen molar-refractivity contribution in [1.29, 1.82) is 0 Å². The Bertz CT molecular complexity index is 655. The van der Waals surface area contributed by atoms with E-state index in [4.69, 9.17) is 4.74 Å². The summed E-state index contributed by atoms with van der Waals surface area (Å²) in [4.78, 5) is 12.5. The standard InChI is InChI=1S/C21H27NO3.ClH/c1-2-14-22-15-18(23)16-25-21-11-7-6-10-19(21)20(24)13-12-17-8-4-3-5-9-17;/h3-11,18,22-23H,2,12-16H2,1H3;1H. The smallest absolute Gasteiger partial charge is 1.00 e. The monoisotopic (exact) mass is 377 g/mol. The Morgan fingerprint density at radius 2 is 1.85 bits per heavy atom. The number of rotatable bonds is 11. The predicted molar refractivity (Wildman–Crippen MR) is 101 cm³/mol. The lowest BCUT2D eigenvalue weighted by molar-refractivity contribution is -0.0000149. The summed E-state index contributed by atoms with van der Waals surface area (Å²) in [6.07, 6.45) is 1.56. The number of hydrogen-bond donors (Lipinski definition) is 2. The van der Waals surface area contributed by atoms with E-state index in [1.807, 2.05) is 42.5 Å². The van der Waals surface area contributed by atoms with Crippen LogP contribution in [-0.2, 0) is 6.42 Å². The Hall–Kier alpha value is -1.88. The summed E-state index contributed by atoms with van der Waals surface area (Å²) in [5.74, 6) is 0.591. The maximum absolute atomic E-state index is 12.5. The van der Waals surface area contributed by atoms with Gasteiger partial charge in [-0.1, -0.05) is 49.4 Å². The molecule has 5 heteroatoms. The van der Waals surface area contributed by atoms with Crippen LogP contribution < -0.4 is 22.5 Å². The molecule has 0 bridgehead atoms. The fourth-order valence-electron chi connectivity index (χ4n) is 2.55. The van der Waals surface area contributed by atoms with E-state index in [-0.39, 0.29) is 26.2 Å². The maximum Gasteiger partial charge on any atom is 1.00 e. The first-order valence-corrected chi connectivity index (χ1v) is 8.88. The second-order valence-corrected chi connectivity index (χ2v) is 6.07. The summed E-state index contributed by atoms with van der Waals surface area (Å²) < 4.78 is 5.69. The molecular formula is C21H28ClNO3. The van der Waals surface area contributed by atoms with Gasteiger partial charge in [0.2, 0.25) is 0 Å². The van der Waals surface area contributed by atoms with E-state index in [1.165, 1.54) is 0 Å². The quantitative estimate of drug-likeness (QED) is 0.438. The van der Waals surface area contributed by atoms with Crippen LogP contribution in [0.1, 0.15) is 37.1 Å². The fourth-order valence-corrected chi connectivity index (χ4v) is 2.55. The molecule has 26 heavy (non-hydrogen) atoms. The topological polar surface area (TPSA) is 58.6 Å². The Morgan fingerprint density at radius 1 is 1.15 bits per heavy atom. The first-order chi connectivity index (χ1) is 12.2. The lowest BCUT2D eigenvalue weighted by Gasteiger charge is -2.15. The molecule has 0 spiro atoms. The van der Waals surface area contributed by atoms with Crippen LogP contribution in [0.5, 0.6) is 5.75 Å². The summed E-state index contributed by atoms with van der Waals surface area (Å²) in [6.45, 7) is 3.59. The van der Waals surface area contributed by atoms with Gasteiger partial charge < -0.3 is 27.6 Å². The minimum atomic E-state index is -0.598. The highest BCUT2D eigenvalue weighted by molar-refractivity contribution is 5.98. The van der Waals surface area contributed by atoms with Crippen LogP contribution in [0.3, 0.4) is 0 Å². The highest BCUT2D eigenvalue weighted by Gasteiger charge is 2.13. The van der Waals surface area contributed by atoms with Gasteiger partial charge in [-0.15, -0.1) is 0 Å². The van der Waals surface area contributed by atoms with Crippen LogP contribution in [0.25, 0.3) is 0 Å². The van der Waals surface area contributed by atoms with Crippen LogP contribution in [-0.4, -0.2) is 36.7 Å². The van der Waals surface area contributed by atoms with Gasteiger partial charge >= 0.3 is 1.43 Å². The Balaban J connectivity index is 0.00000338. The van der Waals surface area contributed by atoms with Crippen molar-refractivity contribution in [2.24, 2.45) is 0 Å². The van der Waals surface area contributed by atoms with Gasteiger partial charge in [-0.05, 0) is 37.1 Å². The number of ether oxygens (including phenoxy) is 1. The Kier molecular flexibility index (Phi) is 10.6. The number of aliphatic hydroxyl groups is 1.